The third-order valence-corrected chi connectivity index (χ3v) is 3.17. The second-order valence-electron chi connectivity index (χ2n) is 4.24. The van der Waals surface area contributed by atoms with Crippen LogP contribution in [0.25, 0.3) is 0 Å². The first-order valence-electron chi connectivity index (χ1n) is 6.40. The molecule has 2 amide bonds. The molecule has 5 nitrogen and oxygen atoms in total. The lowest BCUT2D eigenvalue weighted by Crippen LogP contribution is -2.34. The first-order valence-corrected chi connectivity index (χ1v) is 7.19. The minimum absolute atomic E-state index is 0.177. The van der Waals surface area contributed by atoms with Crippen LogP contribution >= 0.6 is 15.9 Å². The molecule has 1 heterocycles. The average molecular weight is 348 g/mol. The molecule has 6 heteroatoms. The van der Waals surface area contributed by atoms with Gasteiger partial charge in [-0.15, -0.1) is 0 Å². The summed E-state index contributed by atoms with van der Waals surface area (Å²) in [6.07, 6.45) is 1.56. The largest absolute Gasteiger partial charge is 0.350 e. The van der Waals surface area contributed by atoms with E-state index >= 15 is 0 Å². The van der Waals surface area contributed by atoms with Crippen molar-refractivity contribution in [2.45, 2.75) is 0 Å². The van der Waals surface area contributed by atoms with Crippen LogP contribution in [-0.4, -0.2) is 29.9 Å². The van der Waals surface area contributed by atoms with Crippen molar-refractivity contribution in [2.24, 2.45) is 0 Å². The third-order valence-electron chi connectivity index (χ3n) is 2.68. The molecule has 0 saturated heterocycles. The molecule has 0 unspecified atom stereocenters. The van der Waals surface area contributed by atoms with Gasteiger partial charge in [0.05, 0.1) is 0 Å². The summed E-state index contributed by atoms with van der Waals surface area (Å²) >= 11 is 3.31. The highest BCUT2D eigenvalue weighted by molar-refractivity contribution is 9.10. The number of carbonyl (C=O) groups excluding carboxylic acids is 2. The van der Waals surface area contributed by atoms with E-state index in [2.05, 4.69) is 31.5 Å². The topological polar surface area (TPSA) is 71.1 Å². The number of nitrogens with zero attached hydrogens (tertiary/aromatic N) is 1. The maximum atomic E-state index is 11.9. The van der Waals surface area contributed by atoms with Crippen molar-refractivity contribution in [1.29, 1.82) is 0 Å². The van der Waals surface area contributed by atoms with Crippen molar-refractivity contribution < 1.29 is 9.59 Å². The molecule has 0 aliphatic carbocycles. The van der Waals surface area contributed by atoms with Crippen LogP contribution in [0, 0.1) is 0 Å². The number of pyridine rings is 1. The zero-order valence-electron chi connectivity index (χ0n) is 11.2. The van der Waals surface area contributed by atoms with Crippen LogP contribution in [0.2, 0.25) is 0 Å². The highest BCUT2D eigenvalue weighted by Crippen LogP contribution is 2.11. The van der Waals surface area contributed by atoms with Gasteiger partial charge < -0.3 is 10.6 Å². The van der Waals surface area contributed by atoms with Crippen LogP contribution in [0.4, 0.5) is 0 Å². The van der Waals surface area contributed by atoms with Gasteiger partial charge in [0.1, 0.15) is 5.69 Å². The molecule has 0 bridgehead atoms. The van der Waals surface area contributed by atoms with Crippen molar-refractivity contribution in [2.75, 3.05) is 13.1 Å². The Morgan fingerprint density at radius 1 is 1.00 bits per heavy atom. The number of amides is 2. The summed E-state index contributed by atoms with van der Waals surface area (Å²) in [4.78, 5) is 27.5. The first-order chi connectivity index (χ1) is 10.2. The van der Waals surface area contributed by atoms with Crippen LogP contribution in [0.1, 0.15) is 20.8 Å². The fourth-order valence-corrected chi connectivity index (χ4v) is 2.07. The number of hydrogen-bond donors (Lipinski definition) is 2. The molecule has 21 heavy (non-hydrogen) atoms. The predicted molar refractivity (Wildman–Crippen MR) is 83.0 cm³/mol. The summed E-state index contributed by atoms with van der Waals surface area (Å²) in [5.41, 5.74) is 0.927. The van der Waals surface area contributed by atoms with Crippen molar-refractivity contribution >= 4 is 27.7 Å². The number of halogens is 1. The minimum Gasteiger partial charge on any atom is -0.350 e. The lowest BCUT2D eigenvalue weighted by molar-refractivity contribution is 0.0925. The molecule has 0 atom stereocenters. The van der Waals surface area contributed by atoms with Gasteiger partial charge in [0.15, 0.2) is 0 Å². The molecule has 1 aromatic heterocycles. The van der Waals surface area contributed by atoms with E-state index in [9.17, 15) is 9.59 Å². The summed E-state index contributed by atoms with van der Waals surface area (Å²) in [6, 6.07) is 12.2. The number of hydrogen-bond acceptors (Lipinski definition) is 3. The molecular formula is C15H14BrN3O2. The smallest absolute Gasteiger partial charge is 0.269 e. The standard InChI is InChI=1S/C15H14BrN3O2/c16-12-5-3-4-11(10-12)14(20)18-8-9-19-15(21)13-6-1-2-7-17-13/h1-7,10H,8-9H2,(H,18,20)(H,19,21). The zero-order chi connectivity index (χ0) is 15.1. The normalized spacial score (nSPS) is 9.95. The Morgan fingerprint density at radius 2 is 1.76 bits per heavy atom. The van der Waals surface area contributed by atoms with Gasteiger partial charge in [-0.3, -0.25) is 14.6 Å². The lowest BCUT2D eigenvalue weighted by Gasteiger charge is -2.07. The SMILES string of the molecule is O=C(NCCNC(=O)c1ccccn1)c1cccc(Br)c1. The molecule has 0 radical (unpaired) electrons. The van der Waals surface area contributed by atoms with Crippen LogP contribution < -0.4 is 10.6 Å². The van der Waals surface area contributed by atoms with E-state index in [0.717, 1.165) is 4.47 Å². The van der Waals surface area contributed by atoms with E-state index < -0.39 is 0 Å². The molecule has 2 N–H and O–H groups in total. The van der Waals surface area contributed by atoms with Crippen molar-refractivity contribution in [1.82, 2.24) is 15.6 Å². The Hall–Kier alpha value is -2.21. The Kier molecular flexibility index (Phi) is 5.45. The Morgan fingerprint density at radius 3 is 2.43 bits per heavy atom. The molecule has 108 valence electrons. The van der Waals surface area contributed by atoms with E-state index in [-0.39, 0.29) is 11.8 Å². The Labute approximate surface area is 130 Å². The molecule has 0 saturated carbocycles. The van der Waals surface area contributed by atoms with Gasteiger partial charge in [0.2, 0.25) is 0 Å². The van der Waals surface area contributed by atoms with Gasteiger partial charge in [-0.2, -0.15) is 0 Å². The number of benzene rings is 1. The first kappa shape index (κ1) is 15.2. The summed E-state index contributed by atoms with van der Waals surface area (Å²) in [5.74, 6) is -0.435. The number of nitrogens with one attached hydrogen (secondary N) is 2. The predicted octanol–water partition coefficient (Wildman–Crippen LogP) is 2.00. The fourth-order valence-electron chi connectivity index (χ4n) is 1.67. The van der Waals surface area contributed by atoms with Crippen molar-refractivity contribution in [3.05, 3.63) is 64.4 Å². The minimum atomic E-state index is -0.257. The van der Waals surface area contributed by atoms with E-state index in [0.29, 0.717) is 24.3 Å². The summed E-state index contributed by atoms with van der Waals surface area (Å²) in [7, 11) is 0. The molecule has 0 fully saturated rings. The van der Waals surface area contributed by atoms with Crippen LogP contribution in [-0.2, 0) is 0 Å². The van der Waals surface area contributed by atoms with E-state index in [1.807, 2.05) is 6.07 Å². The summed E-state index contributed by atoms with van der Waals surface area (Å²) in [6.45, 7) is 0.694. The molecule has 2 rings (SSSR count). The van der Waals surface area contributed by atoms with Gasteiger partial charge in [-0.1, -0.05) is 28.1 Å². The molecule has 2 aromatic rings. The van der Waals surface area contributed by atoms with Crippen LogP contribution in [0.15, 0.2) is 53.1 Å². The second kappa shape index (κ2) is 7.54. The molecule has 0 aliphatic heterocycles. The fraction of sp³-hybridized carbons (Fsp3) is 0.133. The van der Waals surface area contributed by atoms with Gasteiger partial charge in [-0.25, -0.2) is 0 Å². The van der Waals surface area contributed by atoms with E-state index in [1.54, 1.807) is 42.6 Å². The van der Waals surface area contributed by atoms with Crippen LogP contribution in [0.5, 0.6) is 0 Å². The Bertz CT molecular complexity index is 632. The van der Waals surface area contributed by atoms with Crippen molar-refractivity contribution in [3.63, 3.8) is 0 Å². The average Bonchev–Trinajstić information content (AvgIpc) is 2.52. The summed E-state index contributed by atoms with van der Waals surface area (Å²) in [5, 5.41) is 5.43. The quantitative estimate of drug-likeness (QED) is 0.812. The highest BCUT2D eigenvalue weighted by Gasteiger charge is 2.07. The monoisotopic (exact) mass is 347 g/mol. The zero-order valence-corrected chi connectivity index (χ0v) is 12.8. The second-order valence-corrected chi connectivity index (χ2v) is 5.15. The van der Waals surface area contributed by atoms with Gasteiger partial charge in [0, 0.05) is 29.3 Å². The van der Waals surface area contributed by atoms with Crippen molar-refractivity contribution in [3.8, 4) is 0 Å². The Balaban J connectivity index is 1.75. The number of rotatable bonds is 5. The van der Waals surface area contributed by atoms with Gasteiger partial charge >= 0.3 is 0 Å². The molecule has 0 spiro atoms. The maximum absolute atomic E-state index is 11.9. The van der Waals surface area contributed by atoms with Crippen LogP contribution in [0.3, 0.4) is 0 Å². The molecular weight excluding hydrogens is 334 g/mol. The van der Waals surface area contributed by atoms with E-state index in [1.165, 1.54) is 0 Å². The van der Waals surface area contributed by atoms with E-state index in [4.69, 9.17) is 0 Å². The number of aromatic nitrogens is 1. The summed E-state index contributed by atoms with van der Waals surface area (Å²) < 4.78 is 0.846. The molecule has 1 aromatic carbocycles. The number of carbonyl (C=O) groups is 2. The molecule has 0 aliphatic rings. The third kappa shape index (κ3) is 4.68. The maximum Gasteiger partial charge on any atom is 0.269 e. The highest BCUT2D eigenvalue weighted by atomic mass is 79.9. The lowest BCUT2D eigenvalue weighted by atomic mass is 10.2. The van der Waals surface area contributed by atoms with Gasteiger partial charge in [-0.05, 0) is 30.3 Å². The van der Waals surface area contributed by atoms with Gasteiger partial charge in [0.25, 0.3) is 11.8 Å².